The number of carbonyl (C=O) groups is 1. The van der Waals surface area contributed by atoms with Gasteiger partial charge in [0.2, 0.25) is 0 Å². The van der Waals surface area contributed by atoms with Crippen molar-refractivity contribution >= 4 is 23.3 Å². The lowest BCUT2D eigenvalue weighted by Gasteiger charge is -2.10. The van der Waals surface area contributed by atoms with Gasteiger partial charge in [0, 0.05) is 17.3 Å². The van der Waals surface area contributed by atoms with Gasteiger partial charge in [0.1, 0.15) is 0 Å². The molecule has 1 aromatic carbocycles. The van der Waals surface area contributed by atoms with Gasteiger partial charge in [-0.3, -0.25) is 0 Å². The summed E-state index contributed by atoms with van der Waals surface area (Å²) in [5.74, 6) is 0.686. The van der Waals surface area contributed by atoms with Crippen LogP contribution in [0.25, 0.3) is 0 Å². The predicted octanol–water partition coefficient (Wildman–Crippen LogP) is 3.18. The fourth-order valence-corrected chi connectivity index (χ4v) is 1.64. The number of halogens is 1. The monoisotopic (exact) mass is 238 g/mol. The number of rotatable bonds is 3. The van der Waals surface area contributed by atoms with E-state index in [0.29, 0.717) is 10.9 Å². The maximum atomic E-state index is 11.5. The zero-order valence-corrected chi connectivity index (χ0v) is 9.97. The van der Waals surface area contributed by atoms with Crippen molar-refractivity contribution in [2.24, 2.45) is 5.92 Å². The van der Waals surface area contributed by atoms with E-state index in [1.807, 2.05) is 25.1 Å². The maximum Gasteiger partial charge on any atom is 0.319 e. The Morgan fingerprint density at radius 2 is 2.25 bits per heavy atom. The topological polar surface area (TPSA) is 41.1 Å². The molecule has 0 atom stereocenters. The molecule has 3 nitrogen and oxygen atoms in total. The zero-order chi connectivity index (χ0) is 11.5. The van der Waals surface area contributed by atoms with Crippen LogP contribution in [0, 0.1) is 12.8 Å². The number of urea groups is 1. The molecule has 0 aliphatic heterocycles. The van der Waals surface area contributed by atoms with Crippen LogP contribution in [0.3, 0.4) is 0 Å². The summed E-state index contributed by atoms with van der Waals surface area (Å²) in [7, 11) is 0. The summed E-state index contributed by atoms with van der Waals surface area (Å²) >= 11 is 5.96. The molecule has 2 N–H and O–H groups in total. The van der Waals surface area contributed by atoms with E-state index in [9.17, 15) is 4.79 Å². The smallest absolute Gasteiger partial charge is 0.319 e. The Kier molecular flexibility index (Phi) is 3.34. The van der Waals surface area contributed by atoms with Gasteiger partial charge < -0.3 is 10.6 Å². The number of amides is 2. The van der Waals surface area contributed by atoms with E-state index in [-0.39, 0.29) is 6.03 Å². The predicted molar refractivity (Wildman–Crippen MR) is 65.9 cm³/mol. The van der Waals surface area contributed by atoms with Crippen LogP contribution in [0.2, 0.25) is 5.02 Å². The molecule has 1 fully saturated rings. The molecule has 0 bridgehead atoms. The van der Waals surface area contributed by atoms with E-state index in [2.05, 4.69) is 10.6 Å². The van der Waals surface area contributed by atoms with E-state index in [4.69, 9.17) is 11.6 Å². The van der Waals surface area contributed by atoms with Gasteiger partial charge >= 0.3 is 6.03 Å². The molecule has 1 saturated carbocycles. The quantitative estimate of drug-likeness (QED) is 0.834. The van der Waals surface area contributed by atoms with Gasteiger partial charge in [-0.15, -0.1) is 0 Å². The SMILES string of the molecule is Cc1c(Cl)cccc1NC(=O)NCC1CC1. The molecule has 16 heavy (non-hydrogen) atoms. The number of anilines is 1. The molecule has 2 rings (SSSR count). The van der Waals surface area contributed by atoms with E-state index < -0.39 is 0 Å². The Morgan fingerprint density at radius 1 is 1.50 bits per heavy atom. The Balaban J connectivity index is 1.91. The third kappa shape index (κ3) is 2.89. The molecular weight excluding hydrogens is 224 g/mol. The highest BCUT2D eigenvalue weighted by Crippen LogP contribution is 2.27. The van der Waals surface area contributed by atoms with Gasteiger partial charge in [-0.05, 0) is 43.4 Å². The van der Waals surface area contributed by atoms with Crippen LogP contribution in [0.15, 0.2) is 18.2 Å². The molecule has 1 aliphatic rings. The van der Waals surface area contributed by atoms with Gasteiger partial charge in [0.15, 0.2) is 0 Å². The molecule has 4 heteroatoms. The zero-order valence-electron chi connectivity index (χ0n) is 9.22. The van der Waals surface area contributed by atoms with Crippen molar-refractivity contribution in [1.82, 2.24) is 5.32 Å². The van der Waals surface area contributed by atoms with Crippen LogP contribution in [0.5, 0.6) is 0 Å². The average Bonchev–Trinajstić information content (AvgIpc) is 3.06. The second kappa shape index (κ2) is 4.74. The molecule has 0 saturated heterocycles. The Bertz CT molecular complexity index is 402. The standard InChI is InChI=1S/C12H15ClN2O/c1-8-10(13)3-2-4-11(8)15-12(16)14-7-9-5-6-9/h2-4,9H,5-7H2,1H3,(H2,14,15,16). The second-order valence-corrected chi connectivity index (χ2v) is 4.60. The number of benzene rings is 1. The summed E-state index contributed by atoms with van der Waals surface area (Å²) < 4.78 is 0. The summed E-state index contributed by atoms with van der Waals surface area (Å²) in [4.78, 5) is 11.5. The largest absolute Gasteiger partial charge is 0.338 e. The molecule has 2 amide bonds. The molecule has 0 aromatic heterocycles. The third-order valence-corrected chi connectivity index (χ3v) is 3.17. The number of hydrogen-bond donors (Lipinski definition) is 2. The van der Waals surface area contributed by atoms with Crippen molar-refractivity contribution in [1.29, 1.82) is 0 Å². The molecule has 0 radical (unpaired) electrons. The fourth-order valence-electron chi connectivity index (χ4n) is 1.47. The van der Waals surface area contributed by atoms with Crippen molar-refractivity contribution in [3.8, 4) is 0 Å². The van der Waals surface area contributed by atoms with Crippen molar-refractivity contribution in [3.63, 3.8) is 0 Å². The highest BCUT2D eigenvalue weighted by molar-refractivity contribution is 6.31. The van der Waals surface area contributed by atoms with E-state index in [0.717, 1.165) is 17.8 Å². The van der Waals surface area contributed by atoms with Crippen molar-refractivity contribution in [3.05, 3.63) is 28.8 Å². The maximum absolute atomic E-state index is 11.5. The third-order valence-electron chi connectivity index (χ3n) is 2.76. The summed E-state index contributed by atoms with van der Waals surface area (Å²) in [6.07, 6.45) is 2.47. The average molecular weight is 239 g/mol. The van der Waals surface area contributed by atoms with E-state index in [1.54, 1.807) is 0 Å². The number of hydrogen-bond acceptors (Lipinski definition) is 1. The number of carbonyl (C=O) groups excluding carboxylic acids is 1. The molecule has 0 unspecified atom stereocenters. The van der Waals surface area contributed by atoms with E-state index in [1.165, 1.54) is 12.8 Å². The van der Waals surface area contributed by atoms with Gasteiger partial charge in [0.05, 0.1) is 0 Å². The first-order valence-electron chi connectivity index (χ1n) is 5.47. The minimum absolute atomic E-state index is 0.155. The normalized spacial score (nSPS) is 14.6. The molecule has 0 heterocycles. The molecule has 1 aromatic rings. The minimum Gasteiger partial charge on any atom is -0.338 e. The van der Waals surface area contributed by atoms with Crippen LogP contribution in [0.1, 0.15) is 18.4 Å². The molecule has 86 valence electrons. The van der Waals surface area contributed by atoms with Crippen LogP contribution < -0.4 is 10.6 Å². The first kappa shape index (κ1) is 11.3. The first-order chi connectivity index (χ1) is 7.66. The molecular formula is C12H15ClN2O. The second-order valence-electron chi connectivity index (χ2n) is 4.19. The first-order valence-corrected chi connectivity index (χ1v) is 5.84. The van der Waals surface area contributed by atoms with Gasteiger partial charge in [0.25, 0.3) is 0 Å². The van der Waals surface area contributed by atoms with E-state index >= 15 is 0 Å². The lowest BCUT2D eigenvalue weighted by Crippen LogP contribution is -2.30. The molecule has 1 aliphatic carbocycles. The fraction of sp³-hybridized carbons (Fsp3) is 0.417. The minimum atomic E-state index is -0.155. The lowest BCUT2D eigenvalue weighted by atomic mass is 10.2. The highest BCUT2D eigenvalue weighted by Gasteiger charge is 2.21. The van der Waals surface area contributed by atoms with Crippen LogP contribution in [-0.2, 0) is 0 Å². The highest BCUT2D eigenvalue weighted by atomic mass is 35.5. The Hall–Kier alpha value is -1.22. The Labute approximate surface area is 100 Å². The van der Waals surface area contributed by atoms with Crippen molar-refractivity contribution in [2.45, 2.75) is 19.8 Å². The lowest BCUT2D eigenvalue weighted by molar-refractivity contribution is 0.251. The van der Waals surface area contributed by atoms with Crippen LogP contribution >= 0.6 is 11.6 Å². The Morgan fingerprint density at radius 3 is 2.94 bits per heavy atom. The van der Waals surface area contributed by atoms with Crippen LogP contribution in [0.4, 0.5) is 10.5 Å². The number of nitrogens with one attached hydrogen (secondary N) is 2. The van der Waals surface area contributed by atoms with Crippen molar-refractivity contribution < 1.29 is 4.79 Å². The van der Waals surface area contributed by atoms with Gasteiger partial charge in [-0.25, -0.2) is 4.79 Å². The van der Waals surface area contributed by atoms with Crippen LogP contribution in [-0.4, -0.2) is 12.6 Å². The van der Waals surface area contributed by atoms with Crippen molar-refractivity contribution in [2.75, 3.05) is 11.9 Å². The summed E-state index contributed by atoms with van der Waals surface area (Å²) in [5.41, 5.74) is 1.66. The van der Waals surface area contributed by atoms with Gasteiger partial charge in [-0.2, -0.15) is 0 Å². The summed E-state index contributed by atoms with van der Waals surface area (Å²) in [5, 5.41) is 6.31. The molecule has 0 spiro atoms. The van der Waals surface area contributed by atoms with Gasteiger partial charge in [-0.1, -0.05) is 17.7 Å². The summed E-state index contributed by atoms with van der Waals surface area (Å²) in [6.45, 7) is 2.66. The summed E-state index contributed by atoms with van der Waals surface area (Å²) in [6, 6.07) is 5.32.